The van der Waals surface area contributed by atoms with Gasteiger partial charge in [-0.25, -0.2) is 0 Å². The maximum absolute atomic E-state index is 4.92. The standard InChI is InChI=1S/C7H14N2S2/c1-9(7(10)11)5-6-2-3-8-4-6/h6,8H,2-5H2,1H3,(H,10,11). The highest BCUT2D eigenvalue weighted by atomic mass is 32.1. The summed E-state index contributed by atoms with van der Waals surface area (Å²) >= 11 is 9.03. The Labute approximate surface area is 78.7 Å². The Balaban J connectivity index is 2.23. The third-order valence-corrected chi connectivity index (χ3v) is 2.67. The number of thiocarbonyl (C=S) groups is 1. The summed E-state index contributed by atoms with van der Waals surface area (Å²) < 4.78 is 0.692. The van der Waals surface area contributed by atoms with E-state index >= 15 is 0 Å². The molecule has 1 heterocycles. The van der Waals surface area contributed by atoms with Gasteiger partial charge in [0.2, 0.25) is 0 Å². The van der Waals surface area contributed by atoms with Gasteiger partial charge in [-0.1, -0.05) is 12.2 Å². The molecule has 0 aliphatic carbocycles. The van der Waals surface area contributed by atoms with Crippen molar-refractivity contribution in [1.82, 2.24) is 10.2 Å². The van der Waals surface area contributed by atoms with Crippen molar-refractivity contribution >= 4 is 29.2 Å². The van der Waals surface area contributed by atoms with Gasteiger partial charge in [-0.2, -0.15) is 0 Å². The molecule has 0 saturated carbocycles. The average molecular weight is 190 g/mol. The molecule has 1 N–H and O–H groups in total. The van der Waals surface area contributed by atoms with E-state index < -0.39 is 0 Å². The van der Waals surface area contributed by atoms with Crippen LogP contribution in [0.2, 0.25) is 0 Å². The maximum Gasteiger partial charge on any atom is 0.133 e. The monoisotopic (exact) mass is 190 g/mol. The maximum atomic E-state index is 4.92. The van der Waals surface area contributed by atoms with Crippen molar-refractivity contribution in [2.45, 2.75) is 6.42 Å². The highest BCUT2D eigenvalue weighted by Gasteiger charge is 2.16. The molecule has 1 rings (SSSR count). The van der Waals surface area contributed by atoms with Crippen molar-refractivity contribution in [1.29, 1.82) is 0 Å². The van der Waals surface area contributed by atoms with E-state index in [4.69, 9.17) is 12.2 Å². The lowest BCUT2D eigenvalue weighted by Gasteiger charge is -2.19. The van der Waals surface area contributed by atoms with Crippen LogP contribution in [0.25, 0.3) is 0 Å². The van der Waals surface area contributed by atoms with Gasteiger partial charge >= 0.3 is 0 Å². The molecule has 0 aromatic rings. The second kappa shape index (κ2) is 4.28. The molecule has 1 fully saturated rings. The molecule has 0 aromatic heterocycles. The molecule has 0 spiro atoms. The minimum absolute atomic E-state index is 0.692. The quantitative estimate of drug-likeness (QED) is 0.494. The van der Waals surface area contributed by atoms with Crippen molar-refractivity contribution in [3.8, 4) is 0 Å². The zero-order valence-corrected chi connectivity index (χ0v) is 8.42. The molecule has 1 saturated heterocycles. The zero-order chi connectivity index (χ0) is 8.27. The third kappa shape index (κ3) is 2.97. The Morgan fingerprint density at radius 1 is 1.82 bits per heavy atom. The van der Waals surface area contributed by atoms with Gasteiger partial charge in [-0.05, 0) is 25.4 Å². The van der Waals surface area contributed by atoms with Crippen LogP contribution in [0.4, 0.5) is 0 Å². The lowest BCUT2D eigenvalue weighted by atomic mass is 10.1. The first kappa shape index (κ1) is 9.29. The van der Waals surface area contributed by atoms with Gasteiger partial charge in [0.1, 0.15) is 4.32 Å². The van der Waals surface area contributed by atoms with E-state index in [-0.39, 0.29) is 0 Å². The SMILES string of the molecule is CN(CC1CCNC1)C(=S)S. The van der Waals surface area contributed by atoms with E-state index in [1.807, 2.05) is 11.9 Å². The van der Waals surface area contributed by atoms with E-state index in [9.17, 15) is 0 Å². The molecular formula is C7H14N2S2. The van der Waals surface area contributed by atoms with Crippen LogP contribution in [0.3, 0.4) is 0 Å². The summed E-state index contributed by atoms with van der Waals surface area (Å²) in [6.07, 6.45) is 1.26. The summed E-state index contributed by atoms with van der Waals surface area (Å²) in [7, 11) is 1.99. The van der Waals surface area contributed by atoms with Crippen molar-refractivity contribution in [3.05, 3.63) is 0 Å². The molecule has 1 aliphatic heterocycles. The summed E-state index contributed by atoms with van der Waals surface area (Å²) in [6.45, 7) is 3.31. The topological polar surface area (TPSA) is 15.3 Å². The molecule has 4 heteroatoms. The first-order valence-electron chi connectivity index (χ1n) is 3.85. The first-order chi connectivity index (χ1) is 5.20. The first-order valence-corrected chi connectivity index (χ1v) is 4.70. The number of thiol groups is 1. The summed E-state index contributed by atoms with van der Waals surface area (Å²) in [5.41, 5.74) is 0. The minimum atomic E-state index is 0.692. The Morgan fingerprint density at radius 3 is 3.00 bits per heavy atom. The lowest BCUT2D eigenvalue weighted by Crippen LogP contribution is -2.28. The van der Waals surface area contributed by atoms with Gasteiger partial charge in [-0.3, -0.25) is 0 Å². The van der Waals surface area contributed by atoms with Crippen LogP contribution >= 0.6 is 24.8 Å². The van der Waals surface area contributed by atoms with Crippen LogP contribution in [-0.4, -0.2) is 35.9 Å². The molecule has 1 aliphatic rings. The van der Waals surface area contributed by atoms with Gasteiger partial charge in [0.25, 0.3) is 0 Å². The van der Waals surface area contributed by atoms with Gasteiger partial charge < -0.3 is 10.2 Å². The number of hydrogen-bond acceptors (Lipinski definition) is 2. The van der Waals surface area contributed by atoms with E-state index in [2.05, 4.69) is 17.9 Å². The van der Waals surface area contributed by atoms with Gasteiger partial charge in [0.05, 0.1) is 0 Å². The minimum Gasteiger partial charge on any atom is -0.360 e. The van der Waals surface area contributed by atoms with E-state index in [1.54, 1.807) is 0 Å². The Hall–Kier alpha value is 0.200. The largest absolute Gasteiger partial charge is 0.360 e. The molecule has 1 unspecified atom stereocenters. The normalized spacial score (nSPS) is 23.6. The van der Waals surface area contributed by atoms with Crippen LogP contribution in [0.1, 0.15) is 6.42 Å². The lowest BCUT2D eigenvalue weighted by molar-refractivity contribution is 0.413. The fourth-order valence-electron chi connectivity index (χ4n) is 1.34. The van der Waals surface area contributed by atoms with Gasteiger partial charge in [-0.15, -0.1) is 12.6 Å². The molecule has 64 valence electrons. The highest BCUT2D eigenvalue weighted by Crippen LogP contribution is 2.09. The fourth-order valence-corrected chi connectivity index (χ4v) is 1.49. The predicted octanol–water partition coefficient (Wildman–Crippen LogP) is 0.742. The van der Waals surface area contributed by atoms with E-state index in [0.717, 1.165) is 25.6 Å². The van der Waals surface area contributed by atoms with Crippen LogP contribution in [0, 0.1) is 5.92 Å². The summed E-state index contributed by atoms with van der Waals surface area (Å²) in [4.78, 5) is 2.02. The van der Waals surface area contributed by atoms with Crippen molar-refractivity contribution in [2.75, 3.05) is 26.7 Å². The van der Waals surface area contributed by atoms with Gasteiger partial charge in [0, 0.05) is 13.6 Å². The number of hydrogen-bond donors (Lipinski definition) is 2. The van der Waals surface area contributed by atoms with Crippen LogP contribution in [0.5, 0.6) is 0 Å². The van der Waals surface area contributed by atoms with Crippen LogP contribution in [-0.2, 0) is 0 Å². The van der Waals surface area contributed by atoms with E-state index in [1.165, 1.54) is 6.42 Å². The highest BCUT2D eigenvalue weighted by molar-refractivity contribution is 8.10. The molecular weight excluding hydrogens is 176 g/mol. The fraction of sp³-hybridized carbons (Fsp3) is 0.857. The average Bonchev–Trinajstić information content (AvgIpc) is 2.39. The zero-order valence-electron chi connectivity index (χ0n) is 6.71. The van der Waals surface area contributed by atoms with Crippen molar-refractivity contribution < 1.29 is 0 Å². The molecule has 0 bridgehead atoms. The second-order valence-corrected chi connectivity index (χ2v) is 4.13. The molecule has 0 aromatic carbocycles. The van der Waals surface area contributed by atoms with Crippen LogP contribution < -0.4 is 5.32 Å². The molecule has 0 amide bonds. The number of nitrogens with zero attached hydrogens (tertiary/aromatic N) is 1. The molecule has 11 heavy (non-hydrogen) atoms. The molecule has 1 atom stereocenters. The second-order valence-electron chi connectivity index (χ2n) is 3.02. The summed E-state index contributed by atoms with van der Waals surface area (Å²) in [5.74, 6) is 0.755. The Kier molecular flexibility index (Phi) is 3.62. The van der Waals surface area contributed by atoms with Gasteiger partial charge in [0.15, 0.2) is 0 Å². The Morgan fingerprint density at radius 2 is 2.55 bits per heavy atom. The molecule has 2 nitrogen and oxygen atoms in total. The molecule has 0 radical (unpaired) electrons. The third-order valence-electron chi connectivity index (χ3n) is 2.02. The number of rotatable bonds is 2. The predicted molar refractivity (Wildman–Crippen MR) is 55.2 cm³/mol. The van der Waals surface area contributed by atoms with E-state index in [0.29, 0.717) is 4.32 Å². The Bertz CT molecular complexity index is 143. The van der Waals surface area contributed by atoms with Crippen LogP contribution in [0.15, 0.2) is 0 Å². The summed E-state index contributed by atoms with van der Waals surface area (Å²) in [5, 5.41) is 3.32. The van der Waals surface area contributed by atoms with Crippen molar-refractivity contribution in [2.24, 2.45) is 5.92 Å². The smallest absolute Gasteiger partial charge is 0.133 e. The van der Waals surface area contributed by atoms with Crippen molar-refractivity contribution in [3.63, 3.8) is 0 Å². The summed E-state index contributed by atoms with van der Waals surface area (Å²) in [6, 6.07) is 0. The number of nitrogens with one attached hydrogen (secondary N) is 1.